The van der Waals surface area contributed by atoms with E-state index in [2.05, 4.69) is 85.5 Å². The average Bonchev–Trinajstić information content (AvgIpc) is 1.03. The fourth-order valence-electron chi connectivity index (χ4n) is 9.75. The first kappa shape index (κ1) is 72.2. The van der Waals surface area contributed by atoms with Gasteiger partial charge < -0.3 is 58.5 Å². The molecule has 0 heterocycles. The van der Waals surface area contributed by atoms with Crippen molar-refractivity contribution >= 4 is 52.0 Å². The lowest BCUT2D eigenvalue weighted by molar-refractivity contribution is -0.127. The molecular formula is C67H93N11O9. The molecule has 5 aromatic rings. The number of nitrogens with one attached hydrogen (secondary N) is 11. The molecule has 3 amide bonds. The Labute approximate surface area is 512 Å². The molecule has 87 heavy (non-hydrogen) atoms. The summed E-state index contributed by atoms with van der Waals surface area (Å²) < 4.78 is 0. The lowest BCUT2D eigenvalue weighted by atomic mass is 9.66. The summed E-state index contributed by atoms with van der Waals surface area (Å²) in [7, 11) is 0. The summed E-state index contributed by atoms with van der Waals surface area (Å²) in [6.07, 6.45) is 0.488. The molecule has 0 saturated carbocycles. The highest BCUT2D eigenvalue weighted by atomic mass is 16.2. The number of likely N-dealkylation sites (N-methyl/N-ethyl adjacent to an activating group) is 2. The van der Waals surface area contributed by atoms with Crippen molar-refractivity contribution in [2.75, 3.05) is 74.0 Å². The van der Waals surface area contributed by atoms with Crippen LogP contribution in [0.15, 0.2) is 157 Å². The molecule has 0 aromatic heterocycles. The zero-order chi connectivity index (χ0) is 63.8. The summed E-state index contributed by atoms with van der Waals surface area (Å²) in [5.41, 5.74) is 4.63. The van der Waals surface area contributed by atoms with Crippen LogP contribution in [0.3, 0.4) is 0 Å². The Hall–Kier alpha value is -9.07. The molecule has 1 atom stereocenters. The van der Waals surface area contributed by atoms with Crippen molar-refractivity contribution < 1.29 is 24.0 Å². The van der Waals surface area contributed by atoms with E-state index in [0.29, 0.717) is 59.6 Å². The van der Waals surface area contributed by atoms with E-state index in [1.54, 1.807) is 0 Å². The van der Waals surface area contributed by atoms with E-state index >= 15 is 0 Å². The van der Waals surface area contributed by atoms with Crippen LogP contribution in [-0.2, 0) is 29.4 Å². The second kappa shape index (κ2) is 34.8. The van der Waals surface area contributed by atoms with Gasteiger partial charge >= 0.3 is 0 Å². The molecule has 0 bridgehead atoms. The maximum Gasteiger partial charge on any atom is 0.253 e. The molecular weight excluding hydrogens is 1100 g/mol. The van der Waals surface area contributed by atoms with Crippen molar-refractivity contribution in [3.63, 3.8) is 0 Å². The summed E-state index contributed by atoms with van der Waals surface area (Å²) in [4.78, 5) is 107. The third-order valence-electron chi connectivity index (χ3n) is 14.0. The van der Waals surface area contributed by atoms with Gasteiger partial charge in [-0.05, 0) is 68.1 Å². The van der Waals surface area contributed by atoms with Crippen LogP contribution in [0.4, 0.5) is 22.7 Å². The van der Waals surface area contributed by atoms with E-state index in [1.807, 2.05) is 160 Å². The van der Waals surface area contributed by atoms with Gasteiger partial charge in [-0.3, -0.25) is 43.2 Å². The third-order valence-corrected chi connectivity index (χ3v) is 14.0. The van der Waals surface area contributed by atoms with Crippen LogP contribution >= 0.6 is 0 Å². The van der Waals surface area contributed by atoms with Gasteiger partial charge in [0.2, 0.25) is 29.3 Å². The van der Waals surface area contributed by atoms with Gasteiger partial charge in [-0.1, -0.05) is 167 Å². The molecule has 0 aliphatic heterocycles. The Bertz CT molecular complexity index is 3310. The Morgan fingerprint density at radius 1 is 0.448 bits per heavy atom. The summed E-state index contributed by atoms with van der Waals surface area (Å²) in [6.45, 7) is 35.1. The van der Waals surface area contributed by atoms with E-state index in [9.17, 15) is 43.2 Å². The third kappa shape index (κ3) is 18.2. The van der Waals surface area contributed by atoms with Crippen LogP contribution in [0.25, 0.3) is 0 Å². The summed E-state index contributed by atoms with van der Waals surface area (Å²) >= 11 is 0. The smallest absolute Gasteiger partial charge is 0.253 e. The minimum absolute atomic E-state index is 0. The highest BCUT2D eigenvalue weighted by Gasteiger charge is 2.45. The largest absolute Gasteiger partial charge is 0.383 e. The van der Waals surface area contributed by atoms with E-state index in [1.165, 1.54) is 0 Å². The van der Waals surface area contributed by atoms with Crippen LogP contribution in [0.2, 0.25) is 0 Å². The lowest BCUT2D eigenvalue weighted by Crippen LogP contribution is -2.50. The number of carbonyl (C=O) groups is 5. The lowest BCUT2D eigenvalue weighted by Gasteiger charge is -2.37. The molecule has 0 spiro atoms. The van der Waals surface area contributed by atoms with E-state index < -0.39 is 27.1 Å². The Morgan fingerprint density at radius 3 is 1.21 bits per heavy atom. The fourth-order valence-corrected chi connectivity index (χ4v) is 9.75. The minimum Gasteiger partial charge on any atom is -0.383 e. The number of allylic oxidation sites excluding steroid dienone is 4. The molecule has 7 rings (SSSR count). The number of benzene rings is 3. The fraction of sp³-hybridized carbons (Fsp3) is 0.418. The minimum atomic E-state index is -0.900. The van der Waals surface area contributed by atoms with Crippen LogP contribution in [0, 0.1) is 23.7 Å². The number of hydrogen-bond donors (Lipinski definition) is 11. The Kier molecular flexibility index (Phi) is 28.9. The van der Waals surface area contributed by atoms with E-state index in [0.717, 1.165) is 47.7 Å². The standard InChI is InChI=1S/C24H27N3O3.C18H23N3O3.C13H21N3O2.C11H18N2O.CH4/c1-4-25-19-20(22(29)21(19)28)26-15-27-23(30)24(16(2)3,17-11-7-5-8-12-17)18-13-9-6-10-14-18;1-4-19-14-15(17(23)16(14)22)20-10-21-18(24)13(11(2)3)12-8-6-5-7-9-12;1-5-14-11-9(4)13(18)12(11)16-7-15-10(17)6-8(2)3;1-5-12-9-8(4)11(14)10(9)13-6-7(2)3;/h5-14,16,25-26H,4,15H2,1-3H3,(H,27,30);5-9,11,13,19-20H,4,10H2,1-3H3,(H,21,24);8,14,16H,4-7H2,1-3H3,(H,15,17);7,12-13H,4-6H2,1-3H3;1H4. The maximum atomic E-state index is 13.6. The number of Topliss-reactive ketones (excluding diaryl/α,β-unsaturated/α-hetero) is 2. The first-order valence-electron chi connectivity index (χ1n) is 29.5. The van der Waals surface area contributed by atoms with Gasteiger partial charge in [0.05, 0.1) is 37.3 Å². The number of carbonyl (C=O) groups excluding carboxylic acids is 5. The number of rotatable bonds is 29. The molecule has 2 aliphatic rings. The molecule has 5 aromatic carbocycles. The number of anilines is 4. The van der Waals surface area contributed by atoms with Crippen molar-refractivity contribution in [2.24, 2.45) is 23.7 Å². The maximum absolute atomic E-state index is 13.6. The van der Waals surface area contributed by atoms with Gasteiger partial charge in [0.25, 0.3) is 21.7 Å². The van der Waals surface area contributed by atoms with Gasteiger partial charge in [-0.25, -0.2) is 0 Å². The molecule has 11 N–H and O–H groups in total. The predicted molar refractivity (Wildman–Crippen MR) is 352 cm³/mol. The van der Waals surface area contributed by atoms with Crippen LogP contribution in [0.1, 0.15) is 120 Å². The number of ketones is 2. The summed E-state index contributed by atoms with van der Waals surface area (Å²) in [5.74, 6) is 0.326. The quantitative estimate of drug-likeness (QED) is 0.0131. The SMILES string of the molecule is C.C=C1C(=O)C(NCC(C)C)=C1NCC.C=C1C(=O)C(NCNC(=O)CC(C)C)=C1NCC.CCNc1c(NCNC(=O)C(c2ccccc2)(c2ccccc2)C(C)C)c(=O)c1=O.CCNc1c(NCNC(=O)C(c2ccccc2)C(C)C)c(=O)c1=O. The van der Waals surface area contributed by atoms with Crippen LogP contribution in [-0.4, -0.2) is 82.0 Å². The molecule has 470 valence electrons. The van der Waals surface area contributed by atoms with Gasteiger partial charge in [-0.2, -0.15) is 0 Å². The zero-order valence-corrected chi connectivity index (χ0v) is 52.0. The van der Waals surface area contributed by atoms with Crippen molar-refractivity contribution in [2.45, 2.75) is 108 Å². The van der Waals surface area contributed by atoms with E-state index in [-0.39, 0.29) is 91.5 Å². The molecule has 1 unspecified atom stereocenters. The topological polar surface area (TPSA) is 286 Å². The zero-order valence-electron chi connectivity index (χ0n) is 52.0. The normalized spacial score (nSPS) is 12.9. The second-order valence-electron chi connectivity index (χ2n) is 22.0. The highest BCUT2D eigenvalue weighted by Crippen LogP contribution is 2.40. The molecule has 0 saturated heterocycles. The molecule has 20 nitrogen and oxygen atoms in total. The van der Waals surface area contributed by atoms with Crippen molar-refractivity contribution in [1.29, 1.82) is 0 Å². The Balaban J connectivity index is 0.000000314. The Morgan fingerprint density at radius 2 is 0.828 bits per heavy atom. The first-order chi connectivity index (χ1) is 41.0. The summed E-state index contributed by atoms with van der Waals surface area (Å²) in [5, 5.41) is 32.1. The van der Waals surface area contributed by atoms with Crippen LogP contribution < -0.4 is 80.2 Å². The van der Waals surface area contributed by atoms with Gasteiger partial charge in [0, 0.05) is 50.3 Å². The van der Waals surface area contributed by atoms with Gasteiger partial charge in [-0.15, -0.1) is 0 Å². The monoisotopic (exact) mass is 1200 g/mol. The van der Waals surface area contributed by atoms with Crippen molar-refractivity contribution in [3.05, 3.63) is 196 Å². The van der Waals surface area contributed by atoms with Crippen LogP contribution in [0.5, 0.6) is 0 Å². The first-order valence-corrected chi connectivity index (χ1v) is 29.5. The number of amides is 3. The second-order valence-corrected chi connectivity index (χ2v) is 22.0. The van der Waals surface area contributed by atoms with Crippen molar-refractivity contribution in [1.82, 2.24) is 37.2 Å². The molecule has 0 fully saturated rings. The van der Waals surface area contributed by atoms with E-state index in [4.69, 9.17) is 0 Å². The predicted octanol–water partition coefficient (Wildman–Crippen LogP) is 6.97. The van der Waals surface area contributed by atoms with Gasteiger partial charge in [0.15, 0.2) is 0 Å². The molecule has 20 heteroatoms. The summed E-state index contributed by atoms with van der Waals surface area (Å²) in [6, 6.07) is 29.0. The highest BCUT2D eigenvalue weighted by molar-refractivity contribution is 6.19. The molecule has 0 radical (unpaired) electrons. The molecule has 2 aliphatic carbocycles. The average molecular weight is 1200 g/mol. The number of hydrogen-bond acceptors (Lipinski definition) is 17. The van der Waals surface area contributed by atoms with Crippen molar-refractivity contribution in [3.8, 4) is 0 Å². The van der Waals surface area contributed by atoms with Gasteiger partial charge in [0.1, 0.15) is 39.6 Å².